The van der Waals surface area contributed by atoms with Gasteiger partial charge in [-0.05, 0) is 59.4 Å². The predicted octanol–water partition coefficient (Wildman–Crippen LogP) is 4.66. The second kappa shape index (κ2) is 20.5. The smallest absolute Gasteiger partial charge is 0.407 e. The molecule has 0 bridgehead atoms. The van der Waals surface area contributed by atoms with Gasteiger partial charge in [-0.15, -0.1) is 24.8 Å². The number of carbonyl (C=O) groups excluding carboxylic acids is 3. The van der Waals surface area contributed by atoms with Crippen molar-refractivity contribution in [2.75, 3.05) is 6.61 Å². The number of aromatic nitrogens is 1. The van der Waals surface area contributed by atoms with E-state index >= 15 is 0 Å². The van der Waals surface area contributed by atoms with Crippen molar-refractivity contribution >= 4 is 42.7 Å². The van der Waals surface area contributed by atoms with Gasteiger partial charge in [0, 0.05) is 31.9 Å². The Morgan fingerprint density at radius 1 is 0.723 bits per heavy atom. The summed E-state index contributed by atoms with van der Waals surface area (Å²) < 4.78 is 10.7. The molecule has 3 aromatic carbocycles. The van der Waals surface area contributed by atoms with E-state index in [0.717, 1.165) is 33.6 Å². The van der Waals surface area contributed by atoms with Crippen molar-refractivity contribution in [3.05, 3.63) is 131 Å². The minimum absolute atomic E-state index is 0. The molecule has 10 nitrogen and oxygen atoms in total. The van der Waals surface area contributed by atoms with Gasteiger partial charge in [0.15, 0.2) is 0 Å². The first-order valence-electron chi connectivity index (χ1n) is 14.9. The zero-order valence-electron chi connectivity index (χ0n) is 26.1. The van der Waals surface area contributed by atoms with E-state index < -0.39 is 24.1 Å². The minimum atomic E-state index is -0.849. The molecule has 4 rings (SSSR count). The van der Waals surface area contributed by atoms with Crippen LogP contribution >= 0.6 is 24.8 Å². The Balaban J connectivity index is 0.00000384. The molecule has 2 unspecified atom stereocenters. The SMILES string of the molecule is CCOc1ccc(CC(N)C(=O)NC(Cc2cccnc2)C(=O)NCc2ccc(CNC(=O)OCc3ccccc3)cc2)cc1.Cl.Cl. The molecular weight excluding hydrogens is 641 g/mol. The number of pyridine rings is 1. The van der Waals surface area contributed by atoms with Crippen molar-refractivity contribution in [3.63, 3.8) is 0 Å². The van der Waals surface area contributed by atoms with E-state index in [1.54, 1.807) is 18.5 Å². The number of ether oxygens (including phenoxy) is 2. The van der Waals surface area contributed by atoms with Crippen LogP contribution in [0, 0.1) is 0 Å². The molecule has 0 fully saturated rings. The van der Waals surface area contributed by atoms with E-state index in [4.69, 9.17) is 15.2 Å². The number of halogens is 2. The Labute approximate surface area is 287 Å². The van der Waals surface area contributed by atoms with Gasteiger partial charge in [-0.3, -0.25) is 14.6 Å². The molecule has 2 atom stereocenters. The van der Waals surface area contributed by atoms with E-state index in [1.165, 1.54) is 0 Å². The third kappa shape index (κ3) is 13.3. The highest BCUT2D eigenvalue weighted by Crippen LogP contribution is 2.13. The number of benzene rings is 3. The largest absolute Gasteiger partial charge is 0.494 e. The fraction of sp³-hybridized carbons (Fsp3) is 0.257. The van der Waals surface area contributed by atoms with Crippen molar-refractivity contribution in [1.29, 1.82) is 0 Å². The van der Waals surface area contributed by atoms with Gasteiger partial charge in [0.1, 0.15) is 18.4 Å². The van der Waals surface area contributed by atoms with E-state index in [2.05, 4.69) is 20.9 Å². The van der Waals surface area contributed by atoms with Gasteiger partial charge in [-0.25, -0.2) is 4.79 Å². The topological polar surface area (TPSA) is 145 Å². The summed E-state index contributed by atoms with van der Waals surface area (Å²) in [4.78, 5) is 42.5. The molecule has 0 aliphatic rings. The first-order valence-corrected chi connectivity index (χ1v) is 14.9. The van der Waals surface area contributed by atoms with Crippen LogP contribution in [0.5, 0.6) is 5.75 Å². The fourth-order valence-corrected chi connectivity index (χ4v) is 4.51. The summed E-state index contributed by atoms with van der Waals surface area (Å²) in [6, 6.07) is 26.3. The Hall–Kier alpha value is -4.64. The number of hydrogen-bond acceptors (Lipinski definition) is 7. The molecule has 12 heteroatoms. The van der Waals surface area contributed by atoms with Crippen LogP contribution in [-0.4, -0.2) is 41.6 Å². The number of nitrogens with one attached hydrogen (secondary N) is 3. The minimum Gasteiger partial charge on any atom is -0.494 e. The van der Waals surface area contributed by atoms with Crippen molar-refractivity contribution in [2.45, 2.75) is 51.5 Å². The Morgan fingerprint density at radius 2 is 1.34 bits per heavy atom. The lowest BCUT2D eigenvalue weighted by molar-refractivity contribution is -0.129. The molecule has 0 saturated carbocycles. The monoisotopic (exact) mass is 681 g/mol. The molecule has 0 spiro atoms. The average molecular weight is 683 g/mol. The molecule has 4 aromatic rings. The zero-order chi connectivity index (χ0) is 31.9. The highest BCUT2D eigenvalue weighted by Gasteiger charge is 2.24. The lowest BCUT2D eigenvalue weighted by Gasteiger charge is -2.21. The first kappa shape index (κ1) is 38.5. The third-order valence-corrected chi connectivity index (χ3v) is 6.96. The Morgan fingerprint density at radius 3 is 1.96 bits per heavy atom. The number of amides is 3. The quantitative estimate of drug-likeness (QED) is 0.143. The summed E-state index contributed by atoms with van der Waals surface area (Å²) in [5.41, 5.74) is 10.6. The van der Waals surface area contributed by atoms with Crippen molar-refractivity contribution < 1.29 is 23.9 Å². The Bertz CT molecular complexity index is 1510. The van der Waals surface area contributed by atoms with Gasteiger partial charge in [-0.1, -0.05) is 72.8 Å². The standard InChI is InChI=1S/C35H39N5O5.2ClH/c1-2-44-30-16-14-25(15-17-30)19-31(36)33(41)40-32(20-29-9-6-18-37-21-29)34(42)38-22-26-10-12-27(13-11-26)23-39-35(43)45-24-28-7-4-3-5-8-28;;/h3-18,21,31-32H,2,19-20,22-24,36H2,1H3,(H,38,42)(H,39,43)(H,40,41);2*1H. The third-order valence-electron chi connectivity index (χ3n) is 6.96. The van der Waals surface area contributed by atoms with Gasteiger partial charge < -0.3 is 31.2 Å². The van der Waals surface area contributed by atoms with Crippen molar-refractivity contribution in [3.8, 4) is 5.75 Å². The van der Waals surface area contributed by atoms with Crippen molar-refractivity contribution in [2.24, 2.45) is 5.73 Å². The second-order valence-electron chi connectivity index (χ2n) is 10.5. The number of alkyl carbamates (subject to hydrolysis) is 1. The van der Waals surface area contributed by atoms with Crippen LogP contribution in [0.15, 0.2) is 103 Å². The van der Waals surface area contributed by atoms with Crippen molar-refractivity contribution in [1.82, 2.24) is 20.9 Å². The van der Waals surface area contributed by atoms with Gasteiger partial charge in [0.05, 0.1) is 12.6 Å². The first-order chi connectivity index (χ1) is 21.9. The molecule has 5 N–H and O–H groups in total. The molecule has 1 aromatic heterocycles. The van der Waals surface area contributed by atoms with Crippen LogP contribution in [0.4, 0.5) is 4.79 Å². The molecule has 0 saturated heterocycles. The van der Waals surface area contributed by atoms with Crippen LogP contribution in [-0.2, 0) is 46.9 Å². The molecule has 3 amide bonds. The summed E-state index contributed by atoms with van der Waals surface area (Å²) >= 11 is 0. The summed E-state index contributed by atoms with van der Waals surface area (Å²) in [5, 5.41) is 8.48. The van der Waals surface area contributed by atoms with E-state index in [-0.39, 0.29) is 50.3 Å². The van der Waals surface area contributed by atoms with Crippen LogP contribution in [0.1, 0.15) is 34.7 Å². The van der Waals surface area contributed by atoms with E-state index in [0.29, 0.717) is 19.6 Å². The molecular formula is C35H41Cl2N5O5. The van der Waals surface area contributed by atoms with Gasteiger partial charge in [0.2, 0.25) is 11.8 Å². The van der Waals surface area contributed by atoms with Gasteiger partial charge in [0.25, 0.3) is 0 Å². The van der Waals surface area contributed by atoms with E-state index in [1.807, 2.05) is 91.9 Å². The summed E-state index contributed by atoms with van der Waals surface area (Å²) in [6.45, 7) is 3.23. The molecule has 0 aliphatic carbocycles. The number of carbonyl (C=O) groups is 3. The van der Waals surface area contributed by atoms with E-state index in [9.17, 15) is 14.4 Å². The van der Waals surface area contributed by atoms with Gasteiger partial charge >= 0.3 is 6.09 Å². The highest BCUT2D eigenvalue weighted by molar-refractivity contribution is 5.90. The van der Waals surface area contributed by atoms with Crippen LogP contribution < -0.4 is 26.4 Å². The number of nitrogens with two attached hydrogens (primary N) is 1. The van der Waals surface area contributed by atoms with Crippen LogP contribution in [0.25, 0.3) is 0 Å². The maximum absolute atomic E-state index is 13.3. The predicted molar refractivity (Wildman–Crippen MR) is 185 cm³/mol. The number of rotatable bonds is 15. The summed E-state index contributed by atoms with van der Waals surface area (Å²) in [7, 11) is 0. The second-order valence-corrected chi connectivity index (χ2v) is 10.5. The highest BCUT2D eigenvalue weighted by atomic mass is 35.5. The molecule has 0 radical (unpaired) electrons. The summed E-state index contributed by atoms with van der Waals surface area (Å²) in [5.74, 6) is -0.0162. The fourth-order valence-electron chi connectivity index (χ4n) is 4.51. The average Bonchev–Trinajstić information content (AvgIpc) is 3.07. The molecule has 47 heavy (non-hydrogen) atoms. The number of nitrogens with zero attached hydrogens (tertiary/aromatic N) is 1. The lowest BCUT2D eigenvalue weighted by Crippen LogP contribution is -2.52. The maximum Gasteiger partial charge on any atom is 0.407 e. The molecule has 0 aliphatic heterocycles. The van der Waals surface area contributed by atoms with Crippen LogP contribution in [0.3, 0.4) is 0 Å². The Kier molecular flexibility index (Phi) is 16.8. The summed E-state index contributed by atoms with van der Waals surface area (Å²) in [6.07, 6.45) is 3.38. The number of hydrogen-bond donors (Lipinski definition) is 4. The molecule has 1 heterocycles. The van der Waals surface area contributed by atoms with Gasteiger partial charge in [-0.2, -0.15) is 0 Å². The lowest BCUT2D eigenvalue weighted by atomic mass is 10.0. The maximum atomic E-state index is 13.3. The zero-order valence-corrected chi connectivity index (χ0v) is 27.7. The molecule has 250 valence electrons. The normalized spacial score (nSPS) is 11.4. The van der Waals surface area contributed by atoms with Crippen LogP contribution in [0.2, 0.25) is 0 Å².